The summed E-state index contributed by atoms with van der Waals surface area (Å²) in [5.41, 5.74) is 0. The van der Waals surface area contributed by atoms with E-state index < -0.39 is 12.6 Å². The Hall–Kier alpha value is 0.229. The van der Waals surface area contributed by atoms with Gasteiger partial charge in [-0.25, -0.2) is 4.79 Å². The Morgan fingerprint density at radius 1 is 1.14 bits per heavy atom. The van der Waals surface area contributed by atoms with E-state index in [2.05, 4.69) is 13.8 Å². The van der Waals surface area contributed by atoms with Crippen LogP contribution in [0, 0.1) is 0 Å². The molecule has 4 heteroatoms. The monoisotopic (exact) mass is 310 g/mol. The molecule has 0 heterocycles. The normalized spacial score (nSPS) is 9.07. The van der Waals surface area contributed by atoms with E-state index in [0.717, 1.165) is 0 Å². The van der Waals surface area contributed by atoms with Crippen molar-refractivity contribution in [2.45, 2.75) is 48.4 Å². The van der Waals surface area contributed by atoms with E-state index in [9.17, 15) is 0 Å². The van der Waals surface area contributed by atoms with Crippen molar-refractivity contribution >= 4 is 27.1 Å². The van der Waals surface area contributed by atoms with Crippen LogP contribution < -0.4 is 0 Å². The second-order valence-corrected chi connectivity index (χ2v) is 7.29. The number of rotatable bonds is 7. The number of aliphatic hydroxyl groups is 1. The van der Waals surface area contributed by atoms with Gasteiger partial charge in [-0.2, -0.15) is 0 Å². The molecule has 0 saturated carbocycles. The molecule has 0 atom stereocenters. The summed E-state index contributed by atoms with van der Waals surface area (Å²) in [6, 6.07) is 0. The molecule has 0 aliphatic rings. The van der Waals surface area contributed by atoms with Crippen molar-refractivity contribution in [3.63, 3.8) is 0 Å². The van der Waals surface area contributed by atoms with Crippen molar-refractivity contribution in [3.8, 4) is 0 Å². The number of hydrogen-bond donors (Lipinski definition) is 2. The minimum atomic E-state index is -1.19. The van der Waals surface area contributed by atoms with Crippen LogP contribution in [0.5, 0.6) is 0 Å². The van der Waals surface area contributed by atoms with Crippen molar-refractivity contribution in [2.24, 2.45) is 0 Å². The van der Waals surface area contributed by atoms with Crippen molar-refractivity contribution in [2.75, 3.05) is 6.61 Å². The SMILES string of the molecule is CCC[CH2][Sn][CH2]CCC.O=C(O)CO. The smallest absolute Gasteiger partial charge is 0.329 e. The second kappa shape index (κ2) is 15.7. The molecule has 0 aliphatic carbocycles. The van der Waals surface area contributed by atoms with Crippen LogP contribution in [0.15, 0.2) is 0 Å². The molecule has 0 spiro atoms. The van der Waals surface area contributed by atoms with Crippen molar-refractivity contribution in [1.82, 2.24) is 0 Å². The van der Waals surface area contributed by atoms with E-state index in [1.165, 1.54) is 25.7 Å². The third-order valence-corrected chi connectivity index (χ3v) is 5.59. The largest absolute Gasteiger partial charge is 0.480 e. The molecular weight excluding hydrogens is 287 g/mol. The molecule has 0 saturated heterocycles. The first-order chi connectivity index (χ1) is 6.68. The molecule has 84 valence electrons. The van der Waals surface area contributed by atoms with Crippen molar-refractivity contribution in [1.29, 1.82) is 0 Å². The average Bonchev–Trinajstić information content (AvgIpc) is 2.19. The van der Waals surface area contributed by atoms with Gasteiger partial charge >= 0.3 is 75.5 Å². The Morgan fingerprint density at radius 2 is 1.50 bits per heavy atom. The third-order valence-electron chi connectivity index (χ3n) is 1.55. The standard InChI is InChI=1S/2C4H9.C2H4O3.Sn/c2*1-3-4-2;3-1-2(4)5;/h2*1,3-4H2,2H3;3H,1H2,(H,4,5);. The number of carboxylic acids is 1. The van der Waals surface area contributed by atoms with Crippen LogP contribution in [0.2, 0.25) is 8.87 Å². The van der Waals surface area contributed by atoms with E-state index in [4.69, 9.17) is 15.0 Å². The van der Waals surface area contributed by atoms with Gasteiger partial charge in [0.1, 0.15) is 6.61 Å². The summed E-state index contributed by atoms with van der Waals surface area (Å²) in [6.45, 7) is 3.80. The zero-order chi connectivity index (χ0) is 11.2. The van der Waals surface area contributed by atoms with Crippen LogP contribution >= 0.6 is 0 Å². The predicted molar refractivity (Wildman–Crippen MR) is 59.9 cm³/mol. The van der Waals surface area contributed by atoms with Gasteiger partial charge in [-0.15, -0.1) is 0 Å². The number of carboxylic acid groups (broad SMARTS) is 1. The number of hydrogen-bond acceptors (Lipinski definition) is 2. The van der Waals surface area contributed by atoms with Crippen LogP contribution in [0.4, 0.5) is 0 Å². The van der Waals surface area contributed by atoms with Crippen molar-refractivity contribution < 1.29 is 15.0 Å². The van der Waals surface area contributed by atoms with Crippen LogP contribution in [-0.2, 0) is 4.79 Å². The first kappa shape index (κ1) is 16.7. The molecular formula is C10H22O3Sn. The quantitative estimate of drug-likeness (QED) is 0.560. The molecule has 2 N–H and O–H groups in total. The first-order valence-corrected chi connectivity index (χ1v) is 9.26. The summed E-state index contributed by atoms with van der Waals surface area (Å²) in [7, 11) is 0. The van der Waals surface area contributed by atoms with E-state index in [-0.39, 0.29) is 21.1 Å². The fourth-order valence-electron chi connectivity index (χ4n) is 0.729. The molecule has 0 bridgehead atoms. The van der Waals surface area contributed by atoms with Gasteiger partial charge in [0.25, 0.3) is 0 Å². The molecule has 3 nitrogen and oxygen atoms in total. The fourth-order valence-corrected chi connectivity index (χ4v) is 4.89. The van der Waals surface area contributed by atoms with Gasteiger partial charge in [-0.1, -0.05) is 0 Å². The predicted octanol–water partition coefficient (Wildman–Crippen LogP) is 2.19. The van der Waals surface area contributed by atoms with Crippen LogP contribution in [0.1, 0.15) is 39.5 Å². The van der Waals surface area contributed by atoms with Gasteiger partial charge in [0, 0.05) is 0 Å². The van der Waals surface area contributed by atoms with E-state index in [0.29, 0.717) is 0 Å². The number of unbranched alkanes of at least 4 members (excludes halogenated alkanes) is 2. The van der Waals surface area contributed by atoms with Gasteiger partial charge < -0.3 is 10.2 Å². The molecule has 0 fully saturated rings. The third kappa shape index (κ3) is 22.8. The molecule has 14 heavy (non-hydrogen) atoms. The Balaban J connectivity index is 0. The van der Waals surface area contributed by atoms with E-state index in [1.807, 2.05) is 0 Å². The second-order valence-electron chi connectivity index (χ2n) is 3.01. The number of aliphatic carboxylic acids is 1. The maximum Gasteiger partial charge on any atom is 0.329 e. The Bertz CT molecular complexity index is 112. The van der Waals surface area contributed by atoms with Crippen LogP contribution in [0.25, 0.3) is 0 Å². The number of aliphatic hydroxyl groups excluding tert-OH is 1. The first-order valence-electron chi connectivity index (χ1n) is 5.22. The molecule has 0 unspecified atom stereocenters. The Kier molecular flexibility index (Phi) is 18.7. The minimum Gasteiger partial charge on any atom is -0.480 e. The summed E-state index contributed by atoms with van der Waals surface area (Å²) in [6.07, 6.45) is 5.84. The molecule has 0 amide bonds. The molecule has 0 rings (SSSR count). The summed E-state index contributed by atoms with van der Waals surface area (Å²) >= 11 is 0.149. The van der Waals surface area contributed by atoms with Gasteiger partial charge in [-0.05, 0) is 0 Å². The zero-order valence-electron chi connectivity index (χ0n) is 9.25. The molecule has 2 radical (unpaired) electrons. The van der Waals surface area contributed by atoms with Crippen LogP contribution in [0.3, 0.4) is 0 Å². The summed E-state index contributed by atoms with van der Waals surface area (Å²) in [5, 5.41) is 15.0. The summed E-state index contributed by atoms with van der Waals surface area (Å²) < 4.78 is 3.25. The molecule has 0 aliphatic heterocycles. The van der Waals surface area contributed by atoms with Crippen LogP contribution in [-0.4, -0.2) is 43.9 Å². The minimum absolute atomic E-state index is 0.149. The van der Waals surface area contributed by atoms with Gasteiger partial charge in [0.2, 0.25) is 0 Å². The topological polar surface area (TPSA) is 57.5 Å². The Morgan fingerprint density at radius 3 is 1.71 bits per heavy atom. The summed E-state index contributed by atoms with van der Waals surface area (Å²) in [5.74, 6) is -1.19. The Labute approximate surface area is 97.1 Å². The van der Waals surface area contributed by atoms with Gasteiger partial charge in [0.05, 0.1) is 0 Å². The number of carbonyl (C=O) groups is 1. The molecule has 0 aromatic rings. The average molecular weight is 309 g/mol. The fraction of sp³-hybridized carbons (Fsp3) is 0.900. The van der Waals surface area contributed by atoms with Gasteiger partial charge in [0.15, 0.2) is 0 Å². The maximum atomic E-state index is 9.12. The van der Waals surface area contributed by atoms with E-state index >= 15 is 0 Å². The van der Waals surface area contributed by atoms with E-state index in [1.54, 1.807) is 8.87 Å². The molecule has 0 aromatic heterocycles. The molecule has 0 aromatic carbocycles. The maximum absolute atomic E-state index is 9.12. The zero-order valence-corrected chi connectivity index (χ0v) is 12.1. The van der Waals surface area contributed by atoms with Gasteiger partial charge in [-0.3, -0.25) is 0 Å². The summed E-state index contributed by atoms with van der Waals surface area (Å²) in [4.78, 5) is 9.12. The van der Waals surface area contributed by atoms with Crippen molar-refractivity contribution in [3.05, 3.63) is 0 Å².